The second-order valence-corrected chi connectivity index (χ2v) is 12.1. The fraction of sp³-hybridized carbons (Fsp3) is 0.100. The molecule has 0 nitrogen and oxygen atoms in total. The second kappa shape index (κ2) is 7.49. The molecule has 0 atom stereocenters. The van der Waals surface area contributed by atoms with Crippen LogP contribution in [0.2, 0.25) is 0 Å². The first kappa shape index (κ1) is 22.2. The van der Waals surface area contributed by atoms with Crippen LogP contribution in [0.4, 0.5) is 0 Å². The molecule has 1 aliphatic rings. The summed E-state index contributed by atoms with van der Waals surface area (Å²) in [6.45, 7) is 7.06. The van der Waals surface area contributed by atoms with E-state index >= 15 is 0 Å². The van der Waals surface area contributed by atoms with Crippen LogP contribution in [-0.2, 0) is 5.41 Å². The monoisotopic (exact) mass is 508 g/mol. The van der Waals surface area contributed by atoms with Crippen LogP contribution in [0.3, 0.4) is 0 Å². The fourth-order valence-electron chi connectivity index (χ4n) is 7.83. The molecule has 0 aromatic heterocycles. The number of hydrogen-bond acceptors (Lipinski definition) is 0. The fourth-order valence-corrected chi connectivity index (χ4v) is 7.83. The summed E-state index contributed by atoms with van der Waals surface area (Å²) in [5.74, 6) is 0. The van der Waals surface area contributed by atoms with Crippen LogP contribution in [0.5, 0.6) is 0 Å². The van der Waals surface area contributed by atoms with Crippen molar-refractivity contribution in [2.75, 3.05) is 0 Å². The van der Waals surface area contributed by atoms with Crippen molar-refractivity contribution in [1.29, 1.82) is 0 Å². The Bertz CT molecular complexity index is 2330. The molecule has 9 rings (SSSR count). The summed E-state index contributed by atoms with van der Waals surface area (Å²) in [5, 5.41) is 13.4. The molecule has 0 heteroatoms. The minimum atomic E-state index is -0.0225. The topological polar surface area (TPSA) is 0 Å². The first-order valence-electron chi connectivity index (χ1n) is 14.3. The van der Waals surface area contributed by atoms with Gasteiger partial charge >= 0.3 is 0 Å². The SMILES string of the molecule is Cc1c2ccccc2c(-c2ccc3ccc4cccc5ccc2c3c45)c2cc3c(cc12)C(C)(C)c1ccccc1-3. The molecule has 0 saturated carbocycles. The first-order valence-corrected chi connectivity index (χ1v) is 14.3. The van der Waals surface area contributed by atoms with Crippen LogP contribution >= 0.6 is 0 Å². The quantitative estimate of drug-likeness (QED) is 0.153. The molecule has 8 aromatic rings. The number of fused-ring (bicyclic) bond motifs is 5. The van der Waals surface area contributed by atoms with Gasteiger partial charge in [0.1, 0.15) is 0 Å². The standard InChI is InChI=1S/C40H28/c1-23-27-11-4-5-13-29(27)39(34-21-33-28-12-6-7-14-35(28)40(2,3)36(33)22-32(23)34)31-20-18-26-16-15-24-9-8-10-25-17-19-30(31)38(26)37(24)25/h4-22H,1-3H3. The lowest BCUT2D eigenvalue weighted by Gasteiger charge is -2.23. The third-order valence-corrected chi connectivity index (χ3v) is 9.79. The van der Waals surface area contributed by atoms with Gasteiger partial charge in [-0.25, -0.2) is 0 Å². The number of hydrogen-bond donors (Lipinski definition) is 0. The molecule has 0 bridgehead atoms. The second-order valence-electron chi connectivity index (χ2n) is 12.1. The summed E-state index contributed by atoms with van der Waals surface area (Å²) in [6, 6.07) is 43.5. The van der Waals surface area contributed by atoms with Gasteiger partial charge in [0.05, 0.1) is 0 Å². The third-order valence-electron chi connectivity index (χ3n) is 9.79. The van der Waals surface area contributed by atoms with E-state index in [1.165, 1.54) is 92.8 Å². The highest BCUT2D eigenvalue weighted by Crippen LogP contribution is 2.52. The Morgan fingerprint density at radius 2 is 1.10 bits per heavy atom. The maximum atomic E-state index is 2.51. The number of benzene rings is 8. The maximum Gasteiger partial charge on any atom is 0.0159 e. The summed E-state index contributed by atoms with van der Waals surface area (Å²) < 4.78 is 0. The number of aryl methyl sites for hydroxylation is 1. The van der Waals surface area contributed by atoms with E-state index in [0.29, 0.717) is 0 Å². The molecule has 0 saturated heterocycles. The molecule has 0 amide bonds. The highest BCUT2D eigenvalue weighted by atomic mass is 14.4. The molecule has 0 N–H and O–H groups in total. The van der Waals surface area contributed by atoms with Crippen molar-refractivity contribution in [1.82, 2.24) is 0 Å². The van der Waals surface area contributed by atoms with Crippen LogP contribution in [0.1, 0.15) is 30.5 Å². The van der Waals surface area contributed by atoms with Gasteiger partial charge in [0.2, 0.25) is 0 Å². The van der Waals surface area contributed by atoms with Crippen LogP contribution < -0.4 is 0 Å². The van der Waals surface area contributed by atoms with Crippen LogP contribution in [-0.4, -0.2) is 0 Å². The van der Waals surface area contributed by atoms with E-state index < -0.39 is 0 Å². The summed E-state index contributed by atoms with van der Waals surface area (Å²) in [4.78, 5) is 0. The summed E-state index contributed by atoms with van der Waals surface area (Å²) in [7, 11) is 0. The van der Waals surface area contributed by atoms with Crippen LogP contribution in [0.25, 0.3) is 76.1 Å². The molecule has 0 heterocycles. The summed E-state index contributed by atoms with van der Waals surface area (Å²) in [5.41, 5.74) is 9.61. The molecule has 0 radical (unpaired) electrons. The lowest BCUT2D eigenvalue weighted by molar-refractivity contribution is 0.661. The van der Waals surface area contributed by atoms with Crippen molar-refractivity contribution in [3.63, 3.8) is 0 Å². The average molecular weight is 509 g/mol. The zero-order valence-corrected chi connectivity index (χ0v) is 23.0. The summed E-state index contributed by atoms with van der Waals surface area (Å²) in [6.07, 6.45) is 0. The highest BCUT2D eigenvalue weighted by molar-refractivity contribution is 6.28. The largest absolute Gasteiger partial charge is 0.0619 e. The molecule has 188 valence electrons. The third kappa shape index (κ3) is 2.66. The van der Waals surface area contributed by atoms with Gasteiger partial charge in [-0.3, -0.25) is 0 Å². The predicted octanol–water partition coefficient (Wildman–Crippen LogP) is 11.2. The summed E-state index contributed by atoms with van der Waals surface area (Å²) >= 11 is 0. The van der Waals surface area contributed by atoms with Gasteiger partial charge in [-0.05, 0) is 112 Å². The molecule has 8 aromatic carbocycles. The first-order chi connectivity index (χ1) is 19.5. The van der Waals surface area contributed by atoms with Gasteiger partial charge in [-0.1, -0.05) is 117 Å². The lowest BCUT2D eigenvalue weighted by atomic mass is 9.80. The minimum Gasteiger partial charge on any atom is -0.0619 e. The van der Waals surface area contributed by atoms with Crippen LogP contribution in [0.15, 0.2) is 115 Å². The van der Waals surface area contributed by atoms with E-state index in [-0.39, 0.29) is 5.41 Å². The zero-order valence-electron chi connectivity index (χ0n) is 23.0. The smallest absolute Gasteiger partial charge is 0.0159 e. The Morgan fingerprint density at radius 1 is 0.425 bits per heavy atom. The Labute approximate surface area is 233 Å². The molecule has 0 fully saturated rings. The van der Waals surface area contributed by atoms with E-state index in [1.807, 2.05) is 0 Å². The normalized spacial score (nSPS) is 14.1. The van der Waals surface area contributed by atoms with Gasteiger partial charge in [0, 0.05) is 5.41 Å². The van der Waals surface area contributed by atoms with Crippen LogP contribution in [0, 0.1) is 6.92 Å². The minimum absolute atomic E-state index is 0.0225. The Balaban J connectivity index is 1.49. The molecule has 0 spiro atoms. The van der Waals surface area contributed by atoms with Gasteiger partial charge in [-0.15, -0.1) is 0 Å². The Morgan fingerprint density at radius 3 is 1.93 bits per heavy atom. The average Bonchev–Trinajstić information content (AvgIpc) is 3.21. The van der Waals surface area contributed by atoms with E-state index in [9.17, 15) is 0 Å². The Kier molecular flexibility index (Phi) is 4.15. The van der Waals surface area contributed by atoms with Crippen molar-refractivity contribution in [2.24, 2.45) is 0 Å². The van der Waals surface area contributed by atoms with Gasteiger partial charge < -0.3 is 0 Å². The van der Waals surface area contributed by atoms with E-state index in [0.717, 1.165) is 0 Å². The van der Waals surface area contributed by atoms with E-state index in [1.54, 1.807) is 0 Å². The van der Waals surface area contributed by atoms with E-state index in [4.69, 9.17) is 0 Å². The van der Waals surface area contributed by atoms with Crippen molar-refractivity contribution >= 4 is 53.9 Å². The highest BCUT2D eigenvalue weighted by Gasteiger charge is 2.36. The van der Waals surface area contributed by atoms with Crippen molar-refractivity contribution in [2.45, 2.75) is 26.2 Å². The predicted molar refractivity (Wildman–Crippen MR) is 173 cm³/mol. The Hall–Kier alpha value is -4.68. The molecular weight excluding hydrogens is 480 g/mol. The van der Waals surface area contributed by atoms with Gasteiger partial charge in [-0.2, -0.15) is 0 Å². The molecular formula is C40H28. The lowest BCUT2D eigenvalue weighted by Crippen LogP contribution is -2.14. The zero-order chi connectivity index (χ0) is 26.7. The number of rotatable bonds is 1. The van der Waals surface area contributed by atoms with Crippen molar-refractivity contribution in [3.05, 3.63) is 132 Å². The van der Waals surface area contributed by atoms with Crippen molar-refractivity contribution in [3.8, 4) is 22.3 Å². The van der Waals surface area contributed by atoms with Crippen molar-refractivity contribution < 1.29 is 0 Å². The molecule has 40 heavy (non-hydrogen) atoms. The molecule has 0 unspecified atom stereocenters. The van der Waals surface area contributed by atoms with E-state index in [2.05, 4.69) is 136 Å². The molecule has 1 aliphatic carbocycles. The van der Waals surface area contributed by atoms with Gasteiger partial charge in [0.25, 0.3) is 0 Å². The molecule has 0 aliphatic heterocycles. The maximum absolute atomic E-state index is 2.51. The van der Waals surface area contributed by atoms with Gasteiger partial charge in [0.15, 0.2) is 0 Å².